The topological polar surface area (TPSA) is 110 Å². The zero-order valence-electron chi connectivity index (χ0n) is 20.7. The summed E-state index contributed by atoms with van der Waals surface area (Å²) in [5.74, 6) is 0.0379. The van der Waals surface area contributed by atoms with E-state index in [4.69, 9.17) is 10.5 Å². The summed E-state index contributed by atoms with van der Waals surface area (Å²) in [4.78, 5) is 42.9. The molecule has 4 aromatic rings. The lowest BCUT2D eigenvalue weighted by Crippen LogP contribution is -2.40. The first-order valence-corrected chi connectivity index (χ1v) is 11.7. The number of nitrogens with two attached hydrogens (primary N) is 1. The average Bonchev–Trinajstić information content (AvgIpc) is 2.90. The Morgan fingerprint density at radius 2 is 1.65 bits per heavy atom. The molecule has 37 heavy (non-hydrogen) atoms. The van der Waals surface area contributed by atoms with E-state index in [1.54, 1.807) is 13.2 Å². The van der Waals surface area contributed by atoms with Crippen molar-refractivity contribution in [2.24, 2.45) is 0 Å². The Morgan fingerprint density at radius 3 is 2.30 bits per heavy atom. The molecule has 188 valence electrons. The lowest BCUT2D eigenvalue weighted by atomic mass is 10.1. The van der Waals surface area contributed by atoms with Gasteiger partial charge in [-0.2, -0.15) is 0 Å². The molecule has 4 rings (SSSR count). The van der Waals surface area contributed by atoms with E-state index in [2.05, 4.69) is 4.98 Å². The molecule has 0 saturated carbocycles. The highest BCUT2D eigenvalue weighted by molar-refractivity contribution is 6.05. The van der Waals surface area contributed by atoms with E-state index in [0.717, 1.165) is 16.7 Å². The van der Waals surface area contributed by atoms with Gasteiger partial charge in [-0.1, -0.05) is 72.3 Å². The van der Waals surface area contributed by atoms with Crippen LogP contribution in [0, 0.1) is 6.92 Å². The monoisotopic (exact) mass is 496 g/mol. The smallest absolute Gasteiger partial charge is 0.330 e. The van der Waals surface area contributed by atoms with Gasteiger partial charge in [0.2, 0.25) is 0 Å². The molecule has 0 aliphatic rings. The Labute approximate surface area is 214 Å². The van der Waals surface area contributed by atoms with Gasteiger partial charge in [0.15, 0.2) is 5.69 Å². The maximum Gasteiger partial charge on any atom is 0.330 e. The molecular formula is C29H28N4O4. The molecule has 0 spiro atoms. The van der Waals surface area contributed by atoms with Crippen LogP contribution in [0.2, 0.25) is 0 Å². The Bertz CT molecular complexity index is 1540. The number of hydrogen-bond donors (Lipinski definition) is 2. The maximum atomic E-state index is 13.6. The van der Waals surface area contributed by atoms with Gasteiger partial charge in [-0.25, -0.2) is 4.79 Å². The van der Waals surface area contributed by atoms with Crippen molar-refractivity contribution in [2.75, 3.05) is 17.7 Å². The number of nitrogens with one attached hydrogen (secondary N) is 1. The van der Waals surface area contributed by atoms with Crippen molar-refractivity contribution in [3.8, 4) is 5.75 Å². The number of aromatic amines is 1. The molecule has 0 fully saturated rings. The number of aromatic nitrogens is 2. The third-order valence-electron chi connectivity index (χ3n) is 5.91. The van der Waals surface area contributed by atoms with Crippen molar-refractivity contribution in [2.45, 2.75) is 20.0 Å². The Kier molecular flexibility index (Phi) is 7.68. The highest BCUT2D eigenvalue weighted by atomic mass is 16.5. The van der Waals surface area contributed by atoms with Crippen molar-refractivity contribution >= 4 is 23.5 Å². The zero-order chi connectivity index (χ0) is 26.4. The van der Waals surface area contributed by atoms with E-state index in [-0.39, 0.29) is 24.6 Å². The van der Waals surface area contributed by atoms with E-state index in [0.29, 0.717) is 11.3 Å². The van der Waals surface area contributed by atoms with Crippen LogP contribution >= 0.6 is 0 Å². The van der Waals surface area contributed by atoms with Crippen LogP contribution in [0.5, 0.6) is 5.75 Å². The Balaban J connectivity index is 1.79. The number of rotatable bonds is 8. The highest BCUT2D eigenvalue weighted by Gasteiger charge is 2.23. The summed E-state index contributed by atoms with van der Waals surface area (Å²) in [5, 5.41) is 0. The van der Waals surface area contributed by atoms with Gasteiger partial charge < -0.3 is 10.5 Å². The molecule has 0 bridgehead atoms. The third-order valence-corrected chi connectivity index (χ3v) is 5.91. The van der Waals surface area contributed by atoms with Gasteiger partial charge in [-0.3, -0.25) is 24.0 Å². The number of H-pyrrole nitrogens is 1. The van der Waals surface area contributed by atoms with Crippen LogP contribution < -0.4 is 26.6 Å². The number of ether oxygens (including phenoxy) is 1. The lowest BCUT2D eigenvalue weighted by Gasteiger charge is -2.23. The second-order valence-corrected chi connectivity index (χ2v) is 8.55. The summed E-state index contributed by atoms with van der Waals surface area (Å²) in [6.07, 6.45) is 3.00. The number of amides is 1. The number of hydrogen-bond acceptors (Lipinski definition) is 5. The minimum Gasteiger partial charge on any atom is -0.496 e. The van der Waals surface area contributed by atoms with E-state index in [9.17, 15) is 14.4 Å². The summed E-state index contributed by atoms with van der Waals surface area (Å²) in [5.41, 5.74) is 8.25. The second-order valence-electron chi connectivity index (χ2n) is 8.55. The highest BCUT2D eigenvalue weighted by Crippen LogP contribution is 2.23. The molecular weight excluding hydrogens is 468 g/mol. The van der Waals surface area contributed by atoms with Gasteiger partial charge in [-0.05, 0) is 36.3 Å². The summed E-state index contributed by atoms with van der Waals surface area (Å²) in [6.45, 7) is 2.15. The molecule has 1 aromatic heterocycles. The average molecular weight is 497 g/mol. The van der Waals surface area contributed by atoms with Gasteiger partial charge in [0, 0.05) is 11.6 Å². The Morgan fingerprint density at radius 1 is 1.00 bits per heavy atom. The molecule has 8 nitrogen and oxygen atoms in total. The molecule has 1 heterocycles. The van der Waals surface area contributed by atoms with E-state index < -0.39 is 17.2 Å². The van der Waals surface area contributed by atoms with Crippen molar-refractivity contribution in [3.63, 3.8) is 0 Å². The minimum atomic E-state index is -0.738. The normalized spacial score (nSPS) is 11.0. The fourth-order valence-electron chi connectivity index (χ4n) is 4.03. The van der Waals surface area contributed by atoms with Crippen LogP contribution in [-0.4, -0.2) is 22.6 Å². The second kappa shape index (κ2) is 11.3. The minimum absolute atomic E-state index is 0.0752. The third kappa shape index (κ3) is 5.87. The maximum absolute atomic E-state index is 13.6. The van der Waals surface area contributed by atoms with Gasteiger partial charge in [-0.15, -0.1) is 0 Å². The summed E-state index contributed by atoms with van der Waals surface area (Å²) in [7, 11) is 1.56. The van der Waals surface area contributed by atoms with E-state index in [1.807, 2.05) is 85.8 Å². The fourth-order valence-corrected chi connectivity index (χ4v) is 4.03. The van der Waals surface area contributed by atoms with Gasteiger partial charge >= 0.3 is 5.69 Å². The first-order chi connectivity index (χ1) is 17.9. The molecule has 0 aliphatic heterocycles. The van der Waals surface area contributed by atoms with Crippen molar-refractivity contribution in [1.29, 1.82) is 0 Å². The van der Waals surface area contributed by atoms with Crippen LogP contribution in [-0.2, 0) is 17.9 Å². The van der Waals surface area contributed by atoms with Gasteiger partial charge in [0.05, 0.1) is 20.2 Å². The fraction of sp³-hybridized carbons (Fsp3) is 0.138. The molecule has 0 unspecified atom stereocenters. The largest absolute Gasteiger partial charge is 0.496 e. The Hall–Kier alpha value is -4.85. The van der Waals surface area contributed by atoms with E-state index in [1.165, 1.54) is 15.5 Å². The number of aryl methyl sites for hydroxylation is 1. The van der Waals surface area contributed by atoms with Crippen LogP contribution in [0.25, 0.3) is 6.08 Å². The first-order valence-electron chi connectivity index (χ1n) is 11.7. The number of anilines is 2. The predicted octanol–water partition coefficient (Wildman–Crippen LogP) is 3.73. The van der Waals surface area contributed by atoms with Crippen LogP contribution in [0.4, 0.5) is 11.5 Å². The molecule has 0 saturated heterocycles. The summed E-state index contributed by atoms with van der Waals surface area (Å²) < 4.78 is 6.66. The SMILES string of the molecule is COc1ccc(C)cc1/C=C/C(=O)N(Cc1ccccc1)c1c(N)n(Cc2ccccc2)c(=O)[nH]c1=O. The number of nitrogen functional groups attached to an aromatic ring is 1. The van der Waals surface area contributed by atoms with Gasteiger partial charge in [0.1, 0.15) is 11.6 Å². The van der Waals surface area contributed by atoms with Crippen molar-refractivity contribution in [3.05, 3.63) is 128 Å². The quantitative estimate of drug-likeness (QED) is 0.361. The number of nitrogens with zero attached hydrogens (tertiary/aromatic N) is 2. The number of carbonyl (C=O) groups is 1. The molecule has 3 N–H and O–H groups in total. The van der Waals surface area contributed by atoms with Crippen LogP contribution in [0.3, 0.4) is 0 Å². The zero-order valence-corrected chi connectivity index (χ0v) is 20.7. The van der Waals surface area contributed by atoms with Crippen molar-refractivity contribution in [1.82, 2.24) is 9.55 Å². The molecule has 3 aromatic carbocycles. The number of carbonyl (C=O) groups excluding carboxylic acids is 1. The number of methoxy groups -OCH3 is 1. The molecule has 8 heteroatoms. The molecule has 0 radical (unpaired) electrons. The van der Waals surface area contributed by atoms with Gasteiger partial charge in [0.25, 0.3) is 11.5 Å². The van der Waals surface area contributed by atoms with E-state index >= 15 is 0 Å². The summed E-state index contributed by atoms with van der Waals surface area (Å²) in [6, 6.07) is 24.1. The lowest BCUT2D eigenvalue weighted by molar-refractivity contribution is -0.114. The molecule has 1 amide bonds. The van der Waals surface area contributed by atoms with Crippen LogP contribution in [0.1, 0.15) is 22.3 Å². The summed E-state index contributed by atoms with van der Waals surface area (Å²) >= 11 is 0. The number of benzene rings is 3. The first kappa shape index (κ1) is 25.2. The van der Waals surface area contributed by atoms with Crippen LogP contribution in [0.15, 0.2) is 94.5 Å². The molecule has 0 atom stereocenters. The van der Waals surface area contributed by atoms with Crippen molar-refractivity contribution < 1.29 is 9.53 Å². The predicted molar refractivity (Wildman–Crippen MR) is 146 cm³/mol. The molecule has 0 aliphatic carbocycles. The standard InChI is InChI=1S/C29H28N4O4/c1-20-13-15-24(37-2)23(17-20)14-16-25(34)32(18-21-9-5-3-6-10-21)26-27(30)33(29(36)31-28(26)35)19-22-11-7-4-8-12-22/h3-17H,18-19,30H2,1-2H3,(H,31,35,36)/b16-14+.